The van der Waals surface area contributed by atoms with E-state index in [-0.39, 0.29) is 17.9 Å². The van der Waals surface area contributed by atoms with Gasteiger partial charge in [0.15, 0.2) is 0 Å². The second kappa shape index (κ2) is 4.42. The van der Waals surface area contributed by atoms with Gasteiger partial charge in [-0.25, -0.2) is 0 Å². The first-order chi connectivity index (χ1) is 8.24. The van der Waals surface area contributed by atoms with Crippen molar-refractivity contribution < 1.29 is 4.79 Å². The van der Waals surface area contributed by atoms with Crippen molar-refractivity contribution in [1.82, 2.24) is 10.6 Å². The normalized spacial score (nSPS) is 32.6. The van der Waals surface area contributed by atoms with Crippen LogP contribution in [0.1, 0.15) is 37.1 Å². The van der Waals surface area contributed by atoms with E-state index in [9.17, 15) is 4.79 Å². The maximum Gasteiger partial charge on any atom is 0.225 e. The summed E-state index contributed by atoms with van der Waals surface area (Å²) >= 11 is 1.70. The molecule has 1 aromatic heterocycles. The Hall–Kier alpha value is -0.870. The zero-order valence-electron chi connectivity index (χ0n) is 9.98. The number of carbonyl (C=O) groups is 1. The van der Waals surface area contributed by atoms with Crippen LogP contribution in [0.5, 0.6) is 0 Å². The Bertz CT molecular complexity index is 404. The van der Waals surface area contributed by atoms with Gasteiger partial charge >= 0.3 is 0 Å². The zero-order valence-corrected chi connectivity index (χ0v) is 10.8. The molecule has 1 aromatic rings. The molecule has 0 aliphatic carbocycles. The molecule has 4 atom stereocenters. The fourth-order valence-electron chi connectivity index (χ4n) is 3.04. The summed E-state index contributed by atoms with van der Waals surface area (Å²) in [6.07, 6.45) is 3.43. The average Bonchev–Trinajstić information content (AvgIpc) is 3.05. The Morgan fingerprint density at radius 2 is 2.47 bits per heavy atom. The first-order valence-corrected chi connectivity index (χ1v) is 7.22. The maximum atomic E-state index is 12.2. The van der Waals surface area contributed by atoms with E-state index < -0.39 is 0 Å². The number of hydrogen-bond donors (Lipinski definition) is 2. The molecule has 2 aliphatic heterocycles. The predicted molar refractivity (Wildman–Crippen MR) is 68.9 cm³/mol. The second-order valence-corrected chi connectivity index (χ2v) is 6.11. The summed E-state index contributed by atoms with van der Waals surface area (Å²) < 4.78 is 0. The molecule has 3 rings (SSSR count). The van der Waals surface area contributed by atoms with Gasteiger partial charge in [-0.05, 0) is 37.6 Å². The Morgan fingerprint density at radius 1 is 1.59 bits per heavy atom. The van der Waals surface area contributed by atoms with Crippen molar-refractivity contribution in [2.24, 2.45) is 5.92 Å². The van der Waals surface area contributed by atoms with Crippen LogP contribution in [0.4, 0.5) is 0 Å². The van der Waals surface area contributed by atoms with Crippen LogP contribution in [-0.4, -0.2) is 18.0 Å². The quantitative estimate of drug-likeness (QED) is 0.862. The highest BCUT2D eigenvalue weighted by Gasteiger charge is 2.42. The van der Waals surface area contributed by atoms with Gasteiger partial charge in [-0.15, -0.1) is 11.3 Å². The summed E-state index contributed by atoms with van der Waals surface area (Å²) in [5.41, 5.74) is 0. The number of hydrogen-bond acceptors (Lipinski definition) is 3. The molecule has 2 N–H and O–H groups in total. The van der Waals surface area contributed by atoms with Gasteiger partial charge in [0.1, 0.15) is 0 Å². The molecule has 2 bridgehead atoms. The maximum absolute atomic E-state index is 12.2. The van der Waals surface area contributed by atoms with Crippen LogP contribution in [0.25, 0.3) is 0 Å². The molecule has 1 amide bonds. The fourth-order valence-corrected chi connectivity index (χ4v) is 3.78. The molecule has 2 fully saturated rings. The average molecular weight is 250 g/mol. The van der Waals surface area contributed by atoms with E-state index in [1.54, 1.807) is 11.3 Å². The molecule has 92 valence electrons. The molecule has 0 radical (unpaired) electrons. The lowest BCUT2D eigenvalue weighted by atomic mass is 9.88. The molecule has 3 nitrogen and oxygen atoms in total. The smallest absolute Gasteiger partial charge is 0.225 e. The topological polar surface area (TPSA) is 41.1 Å². The van der Waals surface area contributed by atoms with Gasteiger partial charge in [-0.2, -0.15) is 0 Å². The molecule has 3 heterocycles. The number of carbonyl (C=O) groups excluding carboxylic acids is 1. The van der Waals surface area contributed by atoms with Crippen molar-refractivity contribution in [1.29, 1.82) is 0 Å². The van der Waals surface area contributed by atoms with Crippen molar-refractivity contribution in [2.45, 2.75) is 44.3 Å². The lowest BCUT2D eigenvalue weighted by Gasteiger charge is -2.21. The summed E-state index contributed by atoms with van der Waals surface area (Å²) in [6.45, 7) is 2.06. The molecule has 2 saturated heterocycles. The highest BCUT2D eigenvalue weighted by molar-refractivity contribution is 7.10. The van der Waals surface area contributed by atoms with Crippen molar-refractivity contribution in [3.8, 4) is 0 Å². The molecule has 4 heteroatoms. The Labute approximate surface area is 106 Å². The van der Waals surface area contributed by atoms with Crippen LogP contribution < -0.4 is 10.6 Å². The zero-order chi connectivity index (χ0) is 11.8. The SMILES string of the molecule is CC(NC(=O)C1CC2CCC1N2)c1cccs1. The first-order valence-electron chi connectivity index (χ1n) is 6.34. The number of fused-ring (bicyclic) bond motifs is 2. The lowest BCUT2D eigenvalue weighted by molar-refractivity contribution is -0.126. The van der Waals surface area contributed by atoms with Gasteiger partial charge in [0.05, 0.1) is 12.0 Å². The summed E-state index contributed by atoms with van der Waals surface area (Å²) in [6, 6.07) is 5.26. The lowest BCUT2D eigenvalue weighted by Crippen LogP contribution is -2.38. The van der Waals surface area contributed by atoms with E-state index in [1.807, 2.05) is 6.07 Å². The van der Waals surface area contributed by atoms with Crippen molar-refractivity contribution in [3.05, 3.63) is 22.4 Å². The highest BCUT2D eigenvalue weighted by Crippen LogP contribution is 2.33. The number of nitrogens with one attached hydrogen (secondary N) is 2. The number of thiophene rings is 1. The molecule has 17 heavy (non-hydrogen) atoms. The van der Waals surface area contributed by atoms with E-state index in [4.69, 9.17) is 0 Å². The van der Waals surface area contributed by atoms with Crippen LogP contribution >= 0.6 is 11.3 Å². The van der Waals surface area contributed by atoms with Crippen molar-refractivity contribution >= 4 is 17.2 Å². The number of rotatable bonds is 3. The van der Waals surface area contributed by atoms with Crippen LogP contribution in [0.3, 0.4) is 0 Å². The molecular formula is C13H18N2OS. The van der Waals surface area contributed by atoms with Crippen LogP contribution in [-0.2, 0) is 4.79 Å². The number of amides is 1. The molecule has 0 saturated carbocycles. The minimum atomic E-state index is 0.140. The van der Waals surface area contributed by atoms with Crippen molar-refractivity contribution in [3.63, 3.8) is 0 Å². The van der Waals surface area contributed by atoms with Gasteiger partial charge in [-0.3, -0.25) is 4.79 Å². The molecule has 0 aromatic carbocycles. The van der Waals surface area contributed by atoms with Gasteiger partial charge in [-0.1, -0.05) is 6.07 Å². The first kappa shape index (κ1) is 11.2. The summed E-state index contributed by atoms with van der Waals surface area (Å²) in [5.74, 6) is 0.418. The second-order valence-electron chi connectivity index (χ2n) is 5.14. The van der Waals surface area contributed by atoms with E-state index >= 15 is 0 Å². The molecule has 0 spiro atoms. The van der Waals surface area contributed by atoms with Gasteiger partial charge < -0.3 is 10.6 Å². The van der Waals surface area contributed by atoms with E-state index in [0.717, 1.165) is 12.8 Å². The van der Waals surface area contributed by atoms with Gasteiger partial charge in [0.25, 0.3) is 0 Å². The van der Waals surface area contributed by atoms with Crippen LogP contribution in [0, 0.1) is 5.92 Å². The van der Waals surface area contributed by atoms with E-state index in [2.05, 4.69) is 29.0 Å². The third kappa shape index (κ3) is 2.11. The standard InChI is InChI=1S/C13H18N2OS/c1-8(12-3-2-6-17-12)14-13(16)10-7-9-4-5-11(10)15-9/h2-3,6,8-11,15H,4-5,7H2,1H3,(H,14,16). The minimum Gasteiger partial charge on any atom is -0.348 e. The van der Waals surface area contributed by atoms with Gasteiger partial charge in [0.2, 0.25) is 5.91 Å². The van der Waals surface area contributed by atoms with Gasteiger partial charge in [0, 0.05) is 17.0 Å². The van der Waals surface area contributed by atoms with Crippen LogP contribution in [0.2, 0.25) is 0 Å². The monoisotopic (exact) mass is 250 g/mol. The minimum absolute atomic E-state index is 0.140. The molecule has 2 aliphatic rings. The largest absolute Gasteiger partial charge is 0.348 e. The Balaban J connectivity index is 1.60. The third-order valence-electron chi connectivity index (χ3n) is 3.97. The van der Waals surface area contributed by atoms with E-state index in [1.165, 1.54) is 11.3 Å². The Morgan fingerprint density at radius 3 is 3.06 bits per heavy atom. The fraction of sp³-hybridized carbons (Fsp3) is 0.615. The van der Waals surface area contributed by atoms with Crippen molar-refractivity contribution in [2.75, 3.05) is 0 Å². The summed E-state index contributed by atoms with van der Waals surface area (Å²) in [5, 5.41) is 8.70. The third-order valence-corrected chi connectivity index (χ3v) is 5.02. The Kier molecular flexibility index (Phi) is 2.92. The van der Waals surface area contributed by atoms with Crippen LogP contribution in [0.15, 0.2) is 17.5 Å². The summed E-state index contributed by atoms with van der Waals surface area (Å²) in [7, 11) is 0. The summed E-state index contributed by atoms with van der Waals surface area (Å²) in [4.78, 5) is 13.4. The predicted octanol–water partition coefficient (Wildman–Crippen LogP) is 2.07. The molecule has 4 unspecified atom stereocenters. The highest BCUT2D eigenvalue weighted by atomic mass is 32.1. The van der Waals surface area contributed by atoms with E-state index in [0.29, 0.717) is 12.1 Å². The molecular weight excluding hydrogens is 232 g/mol.